The van der Waals surface area contributed by atoms with Gasteiger partial charge in [0.05, 0.1) is 28.2 Å². The molecule has 1 aliphatic heterocycles. The van der Waals surface area contributed by atoms with Crippen molar-refractivity contribution in [1.82, 2.24) is 9.88 Å². The second kappa shape index (κ2) is 9.94. The lowest BCUT2D eigenvalue weighted by Crippen LogP contribution is -2.29. The van der Waals surface area contributed by atoms with E-state index in [9.17, 15) is 24.8 Å². The molecule has 10 heteroatoms. The Morgan fingerprint density at radius 1 is 1.20 bits per heavy atom. The Morgan fingerprint density at radius 2 is 2.00 bits per heavy atom. The molecule has 2 heterocycles. The first kappa shape index (κ1) is 23.9. The number of rotatable bonds is 7. The number of halogens is 1. The van der Waals surface area contributed by atoms with Crippen LogP contribution in [0.15, 0.2) is 72.6 Å². The van der Waals surface area contributed by atoms with Crippen LogP contribution in [0, 0.1) is 10.1 Å². The number of aliphatic hydroxyl groups excluding tert-OH is 1. The fraction of sp³-hybridized carbons (Fsp3) is 0.160. The van der Waals surface area contributed by atoms with E-state index in [4.69, 9.17) is 16.3 Å². The monoisotopic (exact) mass is 493 g/mol. The third-order valence-electron chi connectivity index (χ3n) is 5.52. The number of nitro benzene ring substituents is 1. The van der Waals surface area contributed by atoms with Gasteiger partial charge < -0.3 is 14.7 Å². The van der Waals surface area contributed by atoms with Crippen LogP contribution in [0.4, 0.5) is 5.69 Å². The minimum absolute atomic E-state index is 0.00653. The molecule has 4 rings (SSSR count). The molecular weight excluding hydrogens is 474 g/mol. The Balaban J connectivity index is 1.87. The fourth-order valence-electron chi connectivity index (χ4n) is 3.96. The second-order valence-corrected chi connectivity index (χ2v) is 8.13. The molecular formula is C25H20ClN3O6. The number of hydrogen-bond acceptors (Lipinski definition) is 7. The van der Waals surface area contributed by atoms with Crippen molar-refractivity contribution in [3.05, 3.63) is 104 Å². The molecule has 1 saturated heterocycles. The van der Waals surface area contributed by atoms with Gasteiger partial charge in [-0.25, -0.2) is 0 Å². The summed E-state index contributed by atoms with van der Waals surface area (Å²) in [7, 11) is 0. The van der Waals surface area contributed by atoms with Gasteiger partial charge in [-0.15, -0.1) is 0 Å². The first-order valence-corrected chi connectivity index (χ1v) is 11.0. The fourth-order valence-corrected chi connectivity index (χ4v) is 4.20. The lowest BCUT2D eigenvalue weighted by molar-refractivity contribution is -0.384. The van der Waals surface area contributed by atoms with E-state index in [1.807, 2.05) is 0 Å². The number of benzene rings is 2. The molecule has 0 spiro atoms. The summed E-state index contributed by atoms with van der Waals surface area (Å²) < 4.78 is 5.42. The molecule has 1 aromatic heterocycles. The summed E-state index contributed by atoms with van der Waals surface area (Å²) in [6.07, 6.45) is 3.13. The van der Waals surface area contributed by atoms with Crippen molar-refractivity contribution in [2.45, 2.75) is 19.5 Å². The molecule has 1 amide bonds. The van der Waals surface area contributed by atoms with Gasteiger partial charge in [-0.3, -0.25) is 24.7 Å². The van der Waals surface area contributed by atoms with E-state index < -0.39 is 28.4 Å². The minimum Gasteiger partial charge on any atom is -0.507 e. The summed E-state index contributed by atoms with van der Waals surface area (Å²) in [6, 6.07) is 12.5. The Morgan fingerprint density at radius 3 is 2.66 bits per heavy atom. The lowest BCUT2D eigenvalue weighted by Gasteiger charge is -2.25. The molecule has 1 N–H and O–H groups in total. The summed E-state index contributed by atoms with van der Waals surface area (Å²) in [5, 5.41) is 22.8. The first-order chi connectivity index (χ1) is 16.8. The van der Waals surface area contributed by atoms with Crippen LogP contribution >= 0.6 is 11.6 Å². The van der Waals surface area contributed by atoms with Gasteiger partial charge in [0.25, 0.3) is 17.4 Å². The number of pyridine rings is 1. The Labute approximate surface area is 205 Å². The van der Waals surface area contributed by atoms with Gasteiger partial charge >= 0.3 is 0 Å². The van der Waals surface area contributed by atoms with E-state index in [2.05, 4.69) is 4.98 Å². The number of aliphatic hydroxyl groups is 1. The van der Waals surface area contributed by atoms with Gasteiger partial charge in [0.2, 0.25) is 0 Å². The second-order valence-electron chi connectivity index (χ2n) is 7.72. The SMILES string of the molecule is CCOc1ccc(C(O)=C2C(=O)C(=O)N(Cc3cccnc3)[C@H]2c2cccc([N+](=O)[O-])c2)cc1Cl. The van der Waals surface area contributed by atoms with Crippen molar-refractivity contribution in [2.24, 2.45) is 0 Å². The van der Waals surface area contributed by atoms with Crippen LogP contribution in [0.1, 0.15) is 29.7 Å². The average molecular weight is 494 g/mol. The van der Waals surface area contributed by atoms with E-state index in [0.717, 1.165) is 0 Å². The number of carbonyl (C=O) groups is 2. The standard InChI is InChI=1S/C25H20ClN3O6/c1-2-35-20-9-8-17(12-19(20)26)23(30)21-22(16-6-3-7-18(11-16)29(33)34)28(25(32)24(21)31)14-15-5-4-10-27-13-15/h3-13,22,30H,2,14H2,1H3/t22-/m0/s1. The topological polar surface area (TPSA) is 123 Å². The molecule has 0 aliphatic carbocycles. The van der Waals surface area contributed by atoms with E-state index in [1.165, 1.54) is 35.2 Å². The minimum atomic E-state index is -1.07. The predicted molar refractivity (Wildman–Crippen MR) is 128 cm³/mol. The van der Waals surface area contributed by atoms with E-state index >= 15 is 0 Å². The van der Waals surface area contributed by atoms with Crippen LogP contribution in [0.5, 0.6) is 5.75 Å². The highest BCUT2D eigenvalue weighted by molar-refractivity contribution is 6.46. The number of aromatic nitrogens is 1. The summed E-state index contributed by atoms with van der Waals surface area (Å²) in [5.74, 6) is -1.80. The number of ketones is 1. The number of non-ortho nitro benzene ring substituents is 1. The summed E-state index contributed by atoms with van der Waals surface area (Å²) in [4.78, 5) is 42.4. The van der Waals surface area contributed by atoms with Gasteiger partial charge in [0.1, 0.15) is 11.5 Å². The molecule has 3 aromatic rings. The highest BCUT2D eigenvalue weighted by atomic mass is 35.5. The summed E-state index contributed by atoms with van der Waals surface area (Å²) in [5.41, 5.74) is 0.751. The maximum absolute atomic E-state index is 13.2. The van der Waals surface area contributed by atoms with Crippen molar-refractivity contribution in [3.8, 4) is 5.75 Å². The van der Waals surface area contributed by atoms with Gasteiger partial charge in [0, 0.05) is 36.6 Å². The maximum atomic E-state index is 13.2. The van der Waals surface area contributed by atoms with Gasteiger partial charge in [-0.2, -0.15) is 0 Å². The lowest BCUT2D eigenvalue weighted by atomic mass is 9.95. The quantitative estimate of drug-likeness (QED) is 0.167. The molecule has 35 heavy (non-hydrogen) atoms. The smallest absolute Gasteiger partial charge is 0.295 e. The average Bonchev–Trinajstić information content (AvgIpc) is 3.10. The Bertz CT molecular complexity index is 1340. The third kappa shape index (κ3) is 4.71. The largest absolute Gasteiger partial charge is 0.507 e. The maximum Gasteiger partial charge on any atom is 0.295 e. The zero-order valence-electron chi connectivity index (χ0n) is 18.6. The van der Waals surface area contributed by atoms with Crippen molar-refractivity contribution in [2.75, 3.05) is 6.61 Å². The molecule has 2 aromatic carbocycles. The molecule has 0 bridgehead atoms. The molecule has 0 radical (unpaired) electrons. The molecule has 0 saturated carbocycles. The molecule has 0 unspecified atom stereocenters. The van der Waals surface area contributed by atoms with Gasteiger partial charge in [-0.05, 0) is 42.3 Å². The van der Waals surface area contributed by atoms with Crippen molar-refractivity contribution < 1.29 is 24.4 Å². The van der Waals surface area contributed by atoms with Crippen LogP contribution in [-0.2, 0) is 16.1 Å². The number of Topliss-reactive ketones (excluding diaryl/α,β-unsaturated/α-hetero) is 1. The number of amides is 1. The Kier molecular flexibility index (Phi) is 6.79. The number of likely N-dealkylation sites (tertiary alicyclic amines) is 1. The summed E-state index contributed by atoms with van der Waals surface area (Å²) in [6.45, 7) is 2.19. The van der Waals surface area contributed by atoms with Crippen molar-refractivity contribution >= 4 is 34.7 Å². The molecule has 178 valence electrons. The van der Waals surface area contributed by atoms with Gasteiger partial charge in [0.15, 0.2) is 0 Å². The molecule has 1 aliphatic rings. The molecule has 1 atom stereocenters. The van der Waals surface area contributed by atoms with Crippen LogP contribution in [0.2, 0.25) is 5.02 Å². The van der Waals surface area contributed by atoms with Crippen molar-refractivity contribution in [1.29, 1.82) is 0 Å². The molecule has 9 nitrogen and oxygen atoms in total. The van der Waals surface area contributed by atoms with E-state index in [-0.39, 0.29) is 28.4 Å². The van der Waals surface area contributed by atoms with Gasteiger partial charge in [-0.1, -0.05) is 29.8 Å². The number of nitro groups is 1. The zero-order chi connectivity index (χ0) is 25.1. The molecule has 1 fully saturated rings. The number of nitrogens with zero attached hydrogens (tertiary/aromatic N) is 3. The summed E-state index contributed by atoms with van der Waals surface area (Å²) >= 11 is 6.27. The first-order valence-electron chi connectivity index (χ1n) is 10.7. The van der Waals surface area contributed by atoms with Crippen LogP contribution in [0.25, 0.3) is 5.76 Å². The van der Waals surface area contributed by atoms with Crippen LogP contribution in [-0.4, -0.2) is 38.2 Å². The normalized spacial score (nSPS) is 17.0. The number of ether oxygens (including phenoxy) is 1. The predicted octanol–water partition coefficient (Wildman–Crippen LogP) is 4.66. The third-order valence-corrected chi connectivity index (χ3v) is 5.81. The zero-order valence-corrected chi connectivity index (χ0v) is 19.3. The number of hydrogen-bond donors (Lipinski definition) is 1. The van der Waals surface area contributed by atoms with Crippen LogP contribution < -0.4 is 4.74 Å². The van der Waals surface area contributed by atoms with E-state index in [1.54, 1.807) is 43.6 Å². The van der Waals surface area contributed by atoms with Crippen LogP contribution in [0.3, 0.4) is 0 Å². The number of carbonyl (C=O) groups excluding carboxylic acids is 2. The highest BCUT2D eigenvalue weighted by Crippen LogP contribution is 2.41. The highest BCUT2D eigenvalue weighted by Gasteiger charge is 2.46. The Hall–Kier alpha value is -4.24. The van der Waals surface area contributed by atoms with Crippen molar-refractivity contribution in [3.63, 3.8) is 0 Å². The van der Waals surface area contributed by atoms with E-state index in [0.29, 0.717) is 23.5 Å².